The first kappa shape index (κ1) is 13.6. The molecule has 2 rings (SSSR count). The van der Waals surface area contributed by atoms with Gasteiger partial charge in [-0.1, -0.05) is 6.92 Å². The Balaban J connectivity index is 1.98. The number of nitrogens with one attached hydrogen (secondary N) is 1. The molecule has 6 nitrogen and oxygen atoms in total. The van der Waals surface area contributed by atoms with Gasteiger partial charge in [-0.05, 0) is 31.5 Å². The monoisotopic (exact) mass is 264 g/mol. The van der Waals surface area contributed by atoms with Crippen molar-refractivity contribution in [3.8, 4) is 0 Å². The van der Waals surface area contributed by atoms with Gasteiger partial charge in [0.15, 0.2) is 0 Å². The maximum Gasteiger partial charge on any atom is 0.337 e. The summed E-state index contributed by atoms with van der Waals surface area (Å²) in [5, 5.41) is 12.3. The zero-order valence-electron chi connectivity index (χ0n) is 11.1. The van der Waals surface area contributed by atoms with Crippen molar-refractivity contribution >= 4 is 17.5 Å². The number of anilines is 2. The Morgan fingerprint density at radius 2 is 2.47 bits per heavy atom. The van der Waals surface area contributed by atoms with E-state index < -0.39 is 5.97 Å². The van der Waals surface area contributed by atoms with Crippen LogP contribution >= 0.6 is 0 Å². The minimum Gasteiger partial charge on any atom is -0.478 e. The number of aromatic carboxylic acids is 1. The third-order valence-corrected chi connectivity index (χ3v) is 3.55. The summed E-state index contributed by atoms with van der Waals surface area (Å²) < 4.78 is 0. The van der Waals surface area contributed by atoms with E-state index in [0.717, 1.165) is 32.6 Å². The summed E-state index contributed by atoms with van der Waals surface area (Å²) in [6.07, 6.45) is 2.64. The molecule has 6 heteroatoms. The Labute approximate surface area is 112 Å². The van der Waals surface area contributed by atoms with Crippen LogP contribution in [0.15, 0.2) is 12.3 Å². The molecule has 1 aliphatic rings. The number of nitrogens with zero attached hydrogens (tertiary/aromatic N) is 2. The molecule has 1 aliphatic heterocycles. The van der Waals surface area contributed by atoms with Crippen LogP contribution in [0.5, 0.6) is 0 Å². The lowest BCUT2D eigenvalue weighted by Gasteiger charge is -2.15. The number of pyridine rings is 1. The number of aromatic nitrogens is 1. The minimum atomic E-state index is -0.988. The maximum absolute atomic E-state index is 11.1. The van der Waals surface area contributed by atoms with E-state index in [-0.39, 0.29) is 11.4 Å². The van der Waals surface area contributed by atoms with Crippen molar-refractivity contribution in [2.24, 2.45) is 5.92 Å². The fourth-order valence-electron chi connectivity index (χ4n) is 2.41. The number of hydrogen-bond donors (Lipinski definition) is 3. The van der Waals surface area contributed by atoms with Crippen molar-refractivity contribution in [1.29, 1.82) is 0 Å². The van der Waals surface area contributed by atoms with E-state index in [9.17, 15) is 4.79 Å². The summed E-state index contributed by atoms with van der Waals surface area (Å²) in [6.45, 7) is 6.17. The lowest BCUT2D eigenvalue weighted by molar-refractivity contribution is 0.0698. The predicted molar refractivity (Wildman–Crippen MR) is 74.3 cm³/mol. The lowest BCUT2D eigenvalue weighted by Crippen LogP contribution is -2.23. The topological polar surface area (TPSA) is 91.5 Å². The molecule has 4 N–H and O–H groups in total. The molecule has 0 bridgehead atoms. The van der Waals surface area contributed by atoms with Gasteiger partial charge in [0.25, 0.3) is 0 Å². The summed E-state index contributed by atoms with van der Waals surface area (Å²) in [5.74, 6) is -0.210. The summed E-state index contributed by atoms with van der Waals surface area (Å²) >= 11 is 0. The molecule has 104 valence electrons. The van der Waals surface area contributed by atoms with E-state index >= 15 is 0 Å². The SMILES string of the molecule is CCN1CCC(CNc2cnc(N)cc2C(=O)O)C1. The summed E-state index contributed by atoms with van der Waals surface area (Å²) in [4.78, 5) is 17.5. The van der Waals surface area contributed by atoms with Gasteiger partial charge in [-0.25, -0.2) is 9.78 Å². The molecule has 1 aromatic rings. The number of rotatable bonds is 5. The highest BCUT2D eigenvalue weighted by Gasteiger charge is 2.21. The van der Waals surface area contributed by atoms with Crippen molar-refractivity contribution in [2.45, 2.75) is 13.3 Å². The Kier molecular flexibility index (Phi) is 4.21. The second-order valence-electron chi connectivity index (χ2n) is 4.89. The molecule has 0 amide bonds. The zero-order valence-corrected chi connectivity index (χ0v) is 11.1. The van der Waals surface area contributed by atoms with Crippen LogP contribution in [-0.4, -0.2) is 47.1 Å². The molecule has 1 fully saturated rings. The summed E-state index contributed by atoms with van der Waals surface area (Å²) in [6, 6.07) is 1.39. The Hall–Kier alpha value is -1.82. The van der Waals surface area contributed by atoms with Crippen LogP contribution in [0, 0.1) is 5.92 Å². The standard InChI is InChI=1S/C13H20N4O2/c1-2-17-4-3-9(8-17)6-15-11-7-16-12(14)5-10(11)13(18)19/h5,7,9,15H,2-4,6,8H2,1H3,(H2,14,16)(H,18,19). The number of nitrogen functional groups attached to an aromatic ring is 1. The van der Waals surface area contributed by atoms with Gasteiger partial charge in [0.1, 0.15) is 5.82 Å². The first-order valence-corrected chi connectivity index (χ1v) is 6.55. The molecular formula is C13H20N4O2. The molecular weight excluding hydrogens is 244 g/mol. The highest BCUT2D eigenvalue weighted by atomic mass is 16.4. The Morgan fingerprint density at radius 3 is 3.11 bits per heavy atom. The second-order valence-corrected chi connectivity index (χ2v) is 4.89. The molecule has 1 saturated heterocycles. The van der Waals surface area contributed by atoms with E-state index in [0.29, 0.717) is 11.6 Å². The predicted octanol–water partition coefficient (Wildman–Crippen LogP) is 1.12. The molecule has 1 aromatic heterocycles. The molecule has 0 saturated carbocycles. The molecule has 0 radical (unpaired) electrons. The Morgan fingerprint density at radius 1 is 1.68 bits per heavy atom. The van der Waals surface area contributed by atoms with Gasteiger partial charge in [-0.2, -0.15) is 0 Å². The minimum absolute atomic E-state index is 0.179. The van der Waals surface area contributed by atoms with Gasteiger partial charge in [-0.3, -0.25) is 0 Å². The maximum atomic E-state index is 11.1. The van der Waals surface area contributed by atoms with Crippen molar-refractivity contribution in [2.75, 3.05) is 37.2 Å². The number of hydrogen-bond acceptors (Lipinski definition) is 5. The first-order valence-electron chi connectivity index (χ1n) is 6.55. The number of carboxylic acids is 1. The van der Waals surface area contributed by atoms with Crippen LogP contribution in [0.1, 0.15) is 23.7 Å². The molecule has 0 aromatic carbocycles. The molecule has 1 unspecified atom stereocenters. The van der Waals surface area contributed by atoms with Gasteiger partial charge in [0.05, 0.1) is 17.4 Å². The third-order valence-electron chi connectivity index (χ3n) is 3.55. The number of carbonyl (C=O) groups is 1. The number of carboxylic acid groups (broad SMARTS) is 1. The highest BCUT2D eigenvalue weighted by molar-refractivity contribution is 5.94. The van der Waals surface area contributed by atoms with Crippen molar-refractivity contribution in [1.82, 2.24) is 9.88 Å². The molecule has 1 atom stereocenters. The van der Waals surface area contributed by atoms with Gasteiger partial charge in [0, 0.05) is 13.1 Å². The fourth-order valence-corrected chi connectivity index (χ4v) is 2.41. The smallest absolute Gasteiger partial charge is 0.337 e. The quantitative estimate of drug-likeness (QED) is 0.738. The van der Waals surface area contributed by atoms with E-state index in [1.54, 1.807) is 0 Å². The van der Waals surface area contributed by atoms with Crippen molar-refractivity contribution in [3.05, 3.63) is 17.8 Å². The summed E-state index contributed by atoms with van der Waals surface area (Å²) in [5.41, 5.74) is 6.23. The zero-order chi connectivity index (χ0) is 13.8. The number of likely N-dealkylation sites (tertiary alicyclic amines) is 1. The second kappa shape index (κ2) is 5.88. The third kappa shape index (κ3) is 3.35. The number of nitrogens with two attached hydrogens (primary N) is 1. The molecule has 0 spiro atoms. The van der Waals surface area contributed by atoms with E-state index in [4.69, 9.17) is 10.8 Å². The van der Waals surface area contributed by atoms with Gasteiger partial charge in [0.2, 0.25) is 0 Å². The van der Waals surface area contributed by atoms with Gasteiger partial charge in [-0.15, -0.1) is 0 Å². The van der Waals surface area contributed by atoms with Crippen LogP contribution in [-0.2, 0) is 0 Å². The van der Waals surface area contributed by atoms with E-state index in [1.165, 1.54) is 12.3 Å². The van der Waals surface area contributed by atoms with Crippen LogP contribution in [0.4, 0.5) is 11.5 Å². The highest BCUT2D eigenvalue weighted by Crippen LogP contribution is 2.20. The van der Waals surface area contributed by atoms with Crippen molar-refractivity contribution in [3.63, 3.8) is 0 Å². The van der Waals surface area contributed by atoms with Crippen LogP contribution < -0.4 is 11.1 Å². The molecule has 0 aliphatic carbocycles. The van der Waals surface area contributed by atoms with Crippen LogP contribution in [0.25, 0.3) is 0 Å². The lowest BCUT2D eigenvalue weighted by atomic mass is 10.1. The van der Waals surface area contributed by atoms with Crippen LogP contribution in [0.2, 0.25) is 0 Å². The van der Waals surface area contributed by atoms with E-state index in [1.807, 2.05) is 0 Å². The molecule has 19 heavy (non-hydrogen) atoms. The van der Waals surface area contributed by atoms with Crippen LogP contribution in [0.3, 0.4) is 0 Å². The first-order chi connectivity index (χ1) is 9.10. The Bertz CT molecular complexity index is 464. The largest absolute Gasteiger partial charge is 0.478 e. The summed E-state index contributed by atoms with van der Waals surface area (Å²) in [7, 11) is 0. The van der Waals surface area contributed by atoms with Gasteiger partial charge >= 0.3 is 5.97 Å². The van der Waals surface area contributed by atoms with Gasteiger partial charge < -0.3 is 21.1 Å². The average molecular weight is 264 g/mol. The van der Waals surface area contributed by atoms with Crippen molar-refractivity contribution < 1.29 is 9.90 Å². The van der Waals surface area contributed by atoms with E-state index in [2.05, 4.69) is 22.1 Å². The molecule has 2 heterocycles. The fraction of sp³-hybridized carbons (Fsp3) is 0.538. The normalized spacial score (nSPS) is 19.5. The average Bonchev–Trinajstić information content (AvgIpc) is 2.85.